The van der Waals surface area contributed by atoms with E-state index in [1.54, 1.807) is 24.4 Å². The van der Waals surface area contributed by atoms with Crippen molar-refractivity contribution in [1.82, 2.24) is 15.5 Å². The molecule has 0 saturated heterocycles. The third kappa shape index (κ3) is 5.42. The van der Waals surface area contributed by atoms with E-state index in [1.807, 2.05) is 32.0 Å². The fraction of sp³-hybridized carbons (Fsp3) is 0.375. The van der Waals surface area contributed by atoms with Crippen LogP contribution in [-0.4, -0.2) is 22.2 Å². The Kier molecular flexibility index (Phi) is 6.50. The highest BCUT2D eigenvalue weighted by atomic mass is 16.5. The number of aromatic nitrogens is 2. The number of pyridine rings is 1. The first-order valence-electron chi connectivity index (χ1n) is 10.6. The van der Waals surface area contributed by atoms with Crippen LogP contribution >= 0.6 is 0 Å². The molecule has 1 fully saturated rings. The highest BCUT2D eigenvalue weighted by Crippen LogP contribution is 2.23. The summed E-state index contributed by atoms with van der Waals surface area (Å²) in [4.78, 5) is 16.9. The van der Waals surface area contributed by atoms with Crippen LogP contribution in [0.5, 0.6) is 11.6 Å². The Morgan fingerprint density at radius 3 is 2.81 bits per heavy atom. The predicted octanol–water partition coefficient (Wildman–Crippen LogP) is 4.52. The molecule has 1 aromatic carbocycles. The van der Waals surface area contributed by atoms with Crippen LogP contribution < -0.4 is 14.8 Å². The lowest BCUT2D eigenvalue weighted by Crippen LogP contribution is -2.23. The van der Waals surface area contributed by atoms with E-state index in [9.17, 15) is 4.79 Å². The van der Waals surface area contributed by atoms with Crippen LogP contribution in [0.1, 0.15) is 58.6 Å². The number of benzene rings is 1. The zero-order valence-electron chi connectivity index (χ0n) is 17.9. The fourth-order valence-corrected chi connectivity index (χ4v) is 3.68. The number of hydrogen-bond donors (Lipinski definition) is 1. The second kappa shape index (κ2) is 9.64. The molecule has 2 heterocycles. The number of ether oxygens (including phenoxy) is 2. The van der Waals surface area contributed by atoms with Crippen LogP contribution in [0, 0.1) is 13.8 Å². The van der Waals surface area contributed by atoms with Crippen molar-refractivity contribution in [3.63, 3.8) is 0 Å². The normalized spacial score (nSPS) is 13.9. The van der Waals surface area contributed by atoms with Gasteiger partial charge >= 0.3 is 0 Å². The molecule has 0 atom stereocenters. The SMILES string of the molecule is Cc1noc(C)c1COc1cccc(C(=O)NCc2ccnc(OC3CCCC3)c2)c1. The summed E-state index contributed by atoms with van der Waals surface area (Å²) in [5.41, 5.74) is 3.21. The van der Waals surface area contributed by atoms with Crippen molar-refractivity contribution in [2.45, 2.75) is 58.8 Å². The van der Waals surface area contributed by atoms with Crippen molar-refractivity contribution in [3.05, 3.63) is 70.7 Å². The minimum Gasteiger partial charge on any atom is -0.489 e. The molecule has 1 amide bonds. The molecule has 7 heteroatoms. The summed E-state index contributed by atoms with van der Waals surface area (Å²) >= 11 is 0. The quantitative estimate of drug-likeness (QED) is 0.576. The first-order chi connectivity index (χ1) is 15.1. The Labute approximate surface area is 181 Å². The lowest BCUT2D eigenvalue weighted by molar-refractivity contribution is 0.0950. The van der Waals surface area contributed by atoms with Gasteiger partial charge in [0, 0.05) is 24.4 Å². The minimum atomic E-state index is -0.169. The smallest absolute Gasteiger partial charge is 0.251 e. The summed E-state index contributed by atoms with van der Waals surface area (Å²) in [6.45, 7) is 4.47. The molecule has 7 nitrogen and oxygen atoms in total. The Balaban J connectivity index is 1.33. The molecule has 1 N–H and O–H groups in total. The van der Waals surface area contributed by atoms with E-state index >= 15 is 0 Å². The van der Waals surface area contributed by atoms with Crippen LogP contribution in [-0.2, 0) is 13.2 Å². The molecule has 0 aliphatic heterocycles. The first-order valence-corrected chi connectivity index (χ1v) is 10.6. The maximum atomic E-state index is 12.6. The van der Waals surface area contributed by atoms with E-state index in [0.717, 1.165) is 35.4 Å². The molecule has 0 radical (unpaired) electrons. The van der Waals surface area contributed by atoms with Crippen molar-refractivity contribution in [2.75, 3.05) is 0 Å². The second-order valence-corrected chi connectivity index (χ2v) is 7.83. The van der Waals surface area contributed by atoms with E-state index in [0.29, 0.717) is 30.3 Å². The summed E-state index contributed by atoms with van der Waals surface area (Å²) < 4.78 is 16.9. The van der Waals surface area contributed by atoms with Gasteiger partial charge in [-0.2, -0.15) is 0 Å². The standard InChI is InChI=1S/C24H27N3O4/c1-16-22(17(2)31-27-16)15-29-21-9-5-6-19(13-21)24(28)26-14-18-10-11-25-23(12-18)30-20-7-3-4-8-20/h5-6,9-13,20H,3-4,7-8,14-15H2,1-2H3,(H,26,28). The fourth-order valence-electron chi connectivity index (χ4n) is 3.68. The van der Waals surface area contributed by atoms with Gasteiger partial charge in [-0.1, -0.05) is 11.2 Å². The van der Waals surface area contributed by atoms with Crippen LogP contribution in [0.25, 0.3) is 0 Å². The largest absolute Gasteiger partial charge is 0.489 e. The summed E-state index contributed by atoms with van der Waals surface area (Å²) in [5.74, 6) is 1.80. The maximum Gasteiger partial charge on any atom is 0.251 e. The molecule has 1 aliphatic carbocycles. The third-order valence-corrected chi connectivity index (χ3v) is 5.50. The van der Waals surface area contributed by atoms with Gasteiger partial charge in [0.25, 0.3) is 5.91 Å². The van der Waals surface area contributed by atoms with Gasteiger partial charge in [-0.15, -0.1) is 0 Å². The van der Waals surface area contributed by atoms with E-state index in [1.165, 1.54) is 12.8 Å². The molecule has 162 valence electrons. The van der Waals surface area contributed by atoms with E-state index < -0.39 is 0 Å². The maximum absolute atomic E-state index is 12.6. The minimum absolute atomic E-state index is 0.169. The van der Waals surface area contributed by atoms with Crippen LogP contribution in [0.15, 0.2) is 47.1 Å². The van der Waals surface area contributed by atoms with Gasteiger partial charge in [-0.25, -0.2) is 4.98 Å². The van der Waals surface area contributed by atoms with Crippen molar-refractivity contribution in [2.24, 2.45) is 0 Å². The Bertz CT molecular complexity index is 1020. The van der Waals surface area contributed by atoms with Gasteiger partial charge in [0.15, 0.2) is 0 Å². The Morgan fingerprint density at radius 1 is 1.19 bits per heavy atom. The molecule has 2 aromatic heterocycles. The lowest BCUT2D eigenvalue weighted by atomic mass is 10.2. The highest BCUT2D eigenvalue weighted by Gasteiger charge is 2.17. The molecule has 0 bridgehead atoms. The summed E-state index contributed by atoms with van der Waals surface area (Å²) in [5, 5.41) is 6.88. The zero-order chi connectivity index (χ0) is 21.6. The molecular weight excluding hydrogens is 394 g/mol. The topological polar surface area (TPSA) is 86.5 Å². The predicted molar refractivity (Wildman–Crippen MR) is 115 cm³/mol. The molecule has 31 heavy (non-hydrogen) atoms. The van der Waals surface area contributed by atoms with Gasteiger partial charge in [-0.05, 0) is 69.4 Å². The van der Waals surface area contributed by atoms with Crippen molar-refractivity contribution in [3.8, 4) is 11.6 Å². The summed E-state index contributed by atoms with van der Waals surface area (Å²) in [6, 6.07) is 10.9. The van der Waals surface area contributed by atoms with Crippen molar-refractivity contribution >= 4 is 5.91 Å². The van der Waals surface area contributed by atoms with Gasteiger partial charge in [0.05, 0.1) is 11.3 Å². The zero-order valence-corrected chi connectivity index (χ0v) is 17.9. The summed E-state index contributed by atoms with van der Waals surface area (Å²) in [6.07, 6.45) is 6.55. The first kappa shape index (κ1) is 20.9. The molecular formula is C24H27N3O4. The number of amides is 1. The van der Waals surface area contributed by atoms with Gasteiger partial charge in [0.2, 0.25) is 5.88 Å². The average Bonchev–Trinajstić information content (AvgIpc) is 3.40. The van der Waals surface area contributed by atoms with Crippen LogP contribution in [0.4, 0.5) is 0 Å². The van der Waals surface area contributed by atoms with E-state index in [4.69, 9.17) is 14.0 Å². The van der Waals surface area contributed by atoms with Gasteiger partial charge < -0.3 is 19.3 Å². The lowest BCUT2D eigenvalue weighted by Gasteiger charge is -2.13. The number of carbonyl (C=O) groups excluding carboxylic acids is 1. The van der Waals surface area contributed by atoms with Gasteiger partial charge in [-0.3, -0.25) is 4.79 Å². The van der Waals surface area contributed by atoms with E-state index in [2.05, 4.69) is 15.5 Å². The monoisotopic (exact) mass is 421 g/mol. The number of aryl methyl sites for hydroxylation is 2. The second-order valence-electron chi connectivity index (χ2n) is 7.83. The van der Waals surface area contributed by atoms with Crippen molar-refractivity contribution < 1.29 is 18.8 Å². The number of hydrogen-bond acceptors (Lipinski definition) is 6. The average molecular weight is 421 g/mol. The number of carbonyl (C=O) groups is 1. The third-order valence-electron chi connectivity index (χ3n) is 5.50. The van der Waals surface area contributed by atoms with Crippen LogP contribution in [0.3, 0.4) is 0 Å². The molecule has 4 rings (SSSR count). The van der Waals surface area contributed by atoms with Crippen molar-refractivity contribution in [1.29, 1.82) is 0 Å². The summed E-state index contributed by atoms with van der Waals surface area (Å²) in [7, 11) is 0. The number of rotatable bonds is 8. The Morgan fingerprint density at radius 2 is 2.03 bits per heavy atom. The molecule has 0 spiro atoms. The molecule has 3 aromatic rings. The molecule has 0 unspecified atom stereocenters. The van der Waals surface area contributed by atoms with E-state index in [-0.39, 0.29) is 12.0 Å². The molecule has 1 saturated carbocycles. The Hall–Kier alpha value is -3.35. The number of nitrogens with one attached hydrogen (secondary N) is 1. The molecule has 1 aliphatic rings. The van der Waals surface area contributed by atoms with Crippen LogP contribution in [0.2, 0.25) is 0 Å². The highest BCUT2D eigenvalue weighted by molar-refractivity contribution is 5.94. The number of nitrogens with zero attached hydrogens (tertiary/aromatic N) is 2. The van der Waals surface area contributed by atoms with Gasteiger partial charge in [0.1, 0.15) is 24.2 Å².